The second-order valence-corrected chi connectivity index (χ2v) is 10.8. The molecule has 1 aliphatic heterocycles. The van der Waals surface area contributed by atoms with Gasteiger partial charge < -0.3 is 19.3 Å². The maximum atomic E-state index is 13.1. The Balaban J connectivity index is 1.24. The fraction of sp³-hybridized carbons (Fsp3) is 0.222. The smallest absolute Gasteiger partial charge is 0.495 e. The van der Waals surface area contributed by atoms with Crippen LogP contribution in [0.1, 0.15) is 10.4 Å². The highest BCUT2D eigenvalue weighted by molar-refractivity contribution is 7.89. The zero-order chi connectivity index (χ0) is 29.2. The van der Waals surface area contributed by atoms with E-state index >= 15 is 0 Å². The van der Waals surface area contributed by atoms with Crippen molar-refractivity contribution in [2.24, 2.45) is 0 Å². The lowest BCUT2D eigenvalue weighted by molar-refractivity contribution is -0.274. The van der Waals surface area contributed by atoms with E-state index in [0.29, 0.717) is 41.4 Å². The van der Waals surface area contributed by atoms with Crippen LogP contribution in [0.2, 0.25) is 0 Å². The largest absolute Gasteiger partial charge is 0.573 e. The van der Waals surface area contributed by atoms with Crippen molar-refractivity contribution < 1.29 is 35.9 Å². The molecule has 14 heteroatoms. The molecule has 10 nitrogen and oxygen atoms in total. The first-order valence-corrected chi connectivity index (χ1v) is 13.8. The fourth-order valence-corrected chi connectivity index (χ4v) is 5.46. The third kappa shape index (κ3) is 6.11. The van der Waals surface area contributed by atoms with E-state index < -0.39 is 22.1 Å². The molecule has 2 heterocycles. The number of hydrogen-bond acceptors (Lipinski definition) is 8. The molecule has 4 aromatic rings. The van der Waals surface area contributed by atoms with Crippen LogP contribution >= 0.6 is 0 Å². The Bertz CT molecular complexity index is 1630. The van der Waals surface area contributed by atoms with E-state index in [1.165, 1.54) is 36.4 Å². The number of aromatic nitrogens is 3. The first-order chi connectivity index (χ1) is 19.5. The molecule has 1 aromatic heterocycles. The van der Waals surface area contributed by atoms with Crippen molar-refractivity contribution in [2.45, 2.75) is 11.3 Å². The van der Waals surface area contributed by atoms with Gasteiger partial charge in [0.25, 0.3) is 15.9 Å². The van der Waals surface area contributed by atoms with Gasteiger partial charge in [0, 0.05) is 37.3 Å². The highest BCUT2D eigenvalue weighted by atomic mass is 32.2. The molecule has 1 fully saturated rings. The van der Waals surface area contributed by atoms with Gasteiger partial charge in [-0.1, -0.05) is 12.1 Å². The molecule has 3 aromatic carbocycles. The summed E-state index contributed by atoms with van der Waals surface area (Å²) in [6, 6.07) is 17.9. The number of anilines is 1. The molecule has 1 aliphatic rings. The van der Waals surface area contributed by atoms with Crippen molar-refractivity contribution in [3.05, 3.63) is 84.7 Å². The van der Waals surface area contributed by atoms with Crippen LogP contribution < -0.4 is 14.4 Å². The molecule has 0 aliphatic carbocycles. The summed E-state index contributed by atoms with van der Waals surface area (Å²) in [5.74, 6) is 0.110. The van der Waals surface area contributed by atoms with Crippen LogP contribution in [0.15, 0.2) is 84.0 Å². The summed E-state index contributed by atoms with van der Waals surface area (Å²) < 4.78 is 73.3. The molecule has 0 bridgehead atoms. The van der Waals surface area contributed by atoms with E-state index in [-0.39, 0.29) is 16.6 Å². The second kappa shape index (κ2) is 11.1. The second-order valence-electron chi connectivity index (χ2n) is 8.99. The number of carbonyl (C=O) groups is 1. The molecule has 0 unspecified atom stereocenters. The van der Waals surface area contributed by atoms with Crippen molar-refractivity contribution >= 4 is 21.6 Å². The molecular weight excluding hydrogens is 563 g/mol. The van der Waals surface area contributed by atoms with Crippen LogP contribution in [-0.4, -0.2) is 73.0 Å². The number of para-hydroxylation sites is 2. The number of nitrogens with zero attached hydrogens (tertiary/aromatic N) is 5. The zero-order valence-corrected chi connectivity index (χ0v) is 22.5. The maximum absolute atomic E-state index is 13.1. The summed E-state index contributed by atoms with van der Waals surface area (Å²) in [4.78, 5) is 20.8. The average Bonchev–Trinajstić information content (AvgIpc) is 3.48. The number of methoxy groups -OCH3 is 1. The van der Waals surface area contributed by atoms with E-state index in [1.54, 1.807) is 12.0 Å². The van der Waals surface area contributed by atoms with Gasteiger partial charge >= 0.3 is 6.36 Å². The first kappa shape index (κ1) is 28.0. The Labute approximate surface area is 233 Å². The van der Waals surface area contributed by atoms with E-state index in [0.717, 1.165) is 29.9 Å². The first-order valence-electron chi connectivity index (χ1n) is 12.4. The topological polar surface area (TPSA) is 107 Å². The van der Waals surface area contributed by atoms with E-state index in [4.69, 9.17) is 4.74 Å². The fourth-order valence-electron chi connectivity index (χ4n) is 4.40. The molecule has 5 rings (SSSR count). The van der Waals surface area contributed by atoms with Crippen molar-refractivity contribution in [3.63, 3.8) is 0 Å². The Kier molecular flexibility index (Phi) is 7.58. The quantitative estimate of drug-likeness (QED) is 0.319. The molecule has 214 valence electrons. The zero-order valence-electron chi connectivity index (χ0n) is 21.7. The minimum atomic E-state index is -4.83. The lowest BCUT2D eigenvalue weighted by Gasteiger charge is -2.36. The number of rotatable bonds is 7. The van der Waals surface area contributed by atoms with Gasteiger partial charge in [-0.25, -0.2) is 4.98 Å². The van der Waals surface area contributed by atoms with Gasteiger partial charge in [0.1, 0.15) is 17.8 Å². The monoisotopic (exact) mass is 587 g/mol. The van der Waals surface area contributed by atoms with Crippen LogP contribution in [0.4, 0.5) is 18.9 Å². The Morgan fingerprint density at radius 3 is 2.20 bits per heavy atom. The predicted octanol–water partition coefficient (Wildman–Crippen LogP) is 4.05. The van der Waals surface area contributed by atoms with Gasteiger partial charge in [0.05, 0.1) is 17.7 Å². The summed E-state index contributed by atoms with van der Waals surface area (Å²) in [5.41, 5.74) is 1.59. The minimum absolute atomic E-state index is 0.00815. The van der Waals surface area contributed by atoms with Crippen molar-refractivity contribution in [1.82, 2.24) is 19.1 Å². The minimum Gasteiger partial charge on any atom is -0.495 e. The van der Waals surface area contributed by atoms with Crippen molar-refractivity contribution in [3.8, 4) is 22.9 Å². The van der Waals surface area contributed by atoms with Gasteiger partial charge in [-0.15, -0.1) is 22.4 Å². The molecule has 1 saturated heterocycles. The van der Waals surface area contributed by atoms with E-state index in [9.17, 15) is 26.4 Å². The summed E-state index contributed by atoms with van der Waals surface area (Å²) in [6.07, 6.45) is -3.84. The molecule has 0 spiro atoms. The van der Waals surface area contributed by atoms with Crippen molar-refractivity contribution in [1.29, 1.82) is 0 Å². The third-order valence-electron chi connectivity index (χ3n) is 6.46. The summed E-state index contributed by atoms with van der Waals surface area (Å²) >= 11 is 0. The molecule has 0 saturated carbocycles. The third-order valence-corrected chi connectivity index (χ3v) is 7.99. The van der Waals surface area contributed by atoms with Crippen LogP contribution in [0.5, 0.6) is 11.5 Å². The molecule has 1 amide bonds. The molecule has 0 atom stereocenters. The lowest BCUT2D eigenvalue weighted by atomic mass is 10.1. The predicted molar refractivity (Wildman–Crippen MR) is 142 cm³/mol. The van der Waals surface area contributed by atoms with Crippen LogP contribution in [0.25, 0.3) is 11.4 Å². The Morgan fingerprint density at radius 1 is 0.902 bits per heavy atom. The molecule has 41 heavy (non-hydrogen) atoms. The number of halogens is 3. The number of ether oxygens (including phenoxy) is 2. The number of benzene rings is 3. The number of piperazine rings is 1. The van der Waals surface area contributed by atoms with Gasteiger partial charge in [-0.2, -0.15) is 8.42 Å². The Hall–Kier alpha value is -4.59. The number of amides is 1. The average molecular weight is 588 g/mol. The van der Waals surface area contributed by atoms with Crippen LogP contribution in [0, 0.1) is 0 Å². The van der Waals surface area contributed by atoms with E-state index in [2.05, 4.69) is 19.7 Å². The van der Waals surface area contributed by atoms with Gasteiger partial charge in [0.15, 0.2) is 5.82 Å². The van der Waals surface area contributed by atoms with E-state index in [1.807, 2.05) is 24.3 Å². The lowest BCUT2D eigenvalue weighted by Crippen LogP contribution is -2.48. The number of alkyl halides is 3. The van der Waals surface area contributed by atoms with Gasteiger partial charge in [-0.3, -0.25) is 4.79 Å². The Morgan fingerprint density at radius 2 is 1.56 bits per heavy atom. The van der Waals surface area contributed by atoms with Crippen molar-refractivity contribution in [2.75, 3.05) is 38.2 Å². The SMILES string of the molecule is COc1ccccc1N1CCN(C(=O)c2ccc(S(=O)(=O)n3cnc(-c4ccc(OC(F)(F)F)cc4)n3)cc2)CC1. The summed E-state index contributed by atoms with van der Waals surface area (Å²) in [6.45, 7) is 2.21. The van der Waals surface area contributed by atoms with Crippen LogP contribution in [-0.2, 0) is 10.0 Å². The molecular formula is C27H24F3N5O5S. The normalized spacial score (nSPS) is 14.1. The summed E-state index contributed by atoms with van der Waals surface area (Å²) in [5, 5.41) is 3.97. The summed E-state index contributed by atoms with van der Waals surface area (Å²) in [7, 11) is -2.53. The van der Waals surface area contributed by atoms with Gasteiger partial charge in [0.2, 0.25) is 0 Å². The van der Waals surface area contributed by atoms with Crippen LogP contribution in [0.3, 0.4) is 0 Å². The highest BCUT2D eigenvalue weighted by Gasteiger charge is 2.31. The molecule has 0 N–H and O–H groups in total. The standard InChI is InChI=1S/C27H24F3N5O5S/c1-39-24-5-3-2-4-23(24)33-14-16-34(17-15-33)26(36)20-8-12-22(13-9-20)41(37,38)35-18-31-25(32-35)19-6-10-21(11-7-19)40-27(28,29)30/h2-13,18H,14-17H2,1H3. The van der Waals surface area contributed by atoms with Gasteiger partial charge in [-0.05, 0) is 60.7 Å². The number of carbonyl (C=O) groups excluding carboxylic acids is 1. The molecule has 0 radical (unpaired) electrons. The highest BCUT2D eigenvalue weighted by Crippen LogP contribution is 2.29. The maximum Gasteiger partial charge on any atom is 0.573 e. The number of hydrogen-bond donors (Lipinski definition) is 0.